The summed E-state index contributed by atoms with van der Waals surface area (Å²) < 4.78 is 16.6. The number of carbonyl (C=O) groups excluding carboxylic acids is 2. The average Bonchev–Trinajstić information content (AvgIpc) is 2.99. The summed E-state index contributed by atoms with van der Waals surface area (Å²) in [7, 11) is 0. The number of ether oxygens (including phenoxy) is 3. The van der Waals surface area contributed by atoms with Gasteiger partial charge < -0.3 is 19.5 Å². The first-order chi connectivity index (χ1) is 11.5. The number of halogens is 1. The molecule has 1 aliphatic rings. The Morgan fingerprint density at radius 3 is 2.67 bits per heavy atom. The highest BCUT2D eigenvalue weighted by Crippen LogP contribution is 2.38. The van der Waals surface area contributed by atoms with E-state index in [2.05, 4.69) is 21.2 Å². The molecule has 0 aliphatic carbocycles. The van der Waals surface area contributed by atoms with Gasteiger partial charge in [-0.2, -0.15) is 0 Å². The van der Waals surface area contributed by atoms with Gasteiger partial charge in [0.2, 0.25) is 0 Å². The minimum atomic E-state index is -0.501. The molecule has 1 N–H and O–H groups in total. The minimum Gasteiger partial charge on any atom is -0.486 e. The van der Waals surface area contributed by atoms with Crippen LogP contribution in [0.15, 0.2) is 28.1 Å². The van der Waals surface area contributed by atoms with Crippen LogP contribution in [0.5, 0.6) is 11.5 Å². The average molecular weight is 412 g/mol. The highest BCUT2D eigenvalue weighted by molar-refractivity contribution is 9.10. The van der Waals surface area contributed by atoms with Crippen LogP contribution in [0.4, 0.5) is 5.69 Å². The fourth-order valence-corrected chi connectivity index (χ4v) is 3.36. The van der Waals surface area contributed by atoms with Gasteiger partial charge in [0, 0.05) is 16.6 Å². The normalized spacial score (nSPS) is 12.6. The van der Waals surface area contributed by atoms with E-state index in [-0.39, 0.29) is 6.61 Å². The maximum Gasteiger partial charge on any atom is 0.349 e. The summed E-state index contributed by atoms with van der Waals surface area (Å²) in [6.07, 6.45) is 0. The number of thiophene rings is 1. The van der Waals surface area contributed by atoms with Crippen LogP contribution >= 0.6 is 27.3 Å². The van der Waals surface area contributed by atoms with Gasteiger partial charge in [0.15, 0.2) is 18.1 Å². The number of esters is 1. The molecule has 0 spiro atoms. The van der Waals surface area contributed by atoms with E-state index in [1.54, 1.807) is 17.5 Å². The molecule has 0 bridgehead atoms. The molecule has 126 valence electrons. The lowest BCUT2D eigenvalue weighted by atomic mass is 10.2. The molecule has 6 nitrogen and oxygen atoms in total. The Hall–Kier alpha value is -2.06. The Morgan fingerprint density at radius 1 is 1.29 bits per heavy atom. The fraction of sp³-hybridized carbons (Fsp3) is 0.250. The second-order valence-electron chi connectivity index (χ2n) is 5.03. The van der Waals surface area contributed by atoms with Gasteiger partial charge in [-0.3, -0.25) is 4.79 Å². The van der Waals surface area contributed by atoms with Crippen molar-refractivity contribution in [1.82, 2.24) is 0 Å². The molecule has 1 aromatic carbocycles. The van der Waals surface area contributed by atoms with Crippen molar-refractivity contribution in [2.75, 3.05) is 25.1 Å². The van der Waals surface area contributed by atoms with Gasteiger partial charge in [-0.1, -0.05) is 0 Å². The zero-order chi connectivity index (χ0) is 17.1. The Labute approximate surface area is 150 Å². The first-order valence-corrected chi connectivity index (χ1v) is 8.82. The van der Waals surface area contributed by atoms with Gasteiger partial charge in [0.1, 0.15) is 18.1 Å². The number of carbonyl (C=O) groups is 2. The molecule has 1 aliphatic heterocycles. The van der Waals surface area contributed by atoms with Crippen LogP contribution in [-0.4, -0.2) is 31.7 Å². The molecular formula is C16H14BrNO5S. The van der Waals surface area contributed by atoms with Crippen molar-refractivity contribution >= 4 is 44.8 Å². The zero-order valence-corrected chi connectivity index (χ0v) is 15.2. The summed E-state index contributed by atoms with van der Waals surface area (Å²) in [6, 6.07) is 5.22. The number of rotatable bonds is 4. The SMILES string of the molecule is Cc1ccsc1C(=O)OCC(=O)Nc1cc2c(cc1Br)OCCO2. The van der Waals surface area contributed by atoms with Crippen LogP contribution in [-0.2, 0) is 9.53 Å². The number of aryl methyl sites for hydroxylation is 1. The predicted octanol–water partition coefficient (Wildman–Crippen LogP) is 3.39. The Balaban J connectivity index is 1.61. The zero-order valence-electron chi connectivity index (χ0n) is 12.8. The number of nitrogens with one attached hydrogen (secondary N) is 1. The summed E-state index contributed by atoms with van der Waals surface area (Å²) in [5.74, 6) is 0.241. The maximum atomic E-state index is 12.0. The van der Waals surface area contributed by atoms with Crippen molar-refractivity contribution < 1.29 is 23.8 Å². The molecule has 0 radical (unpaired) electrons. The molecule has 0 saturated heterocycles. The molecular weight excluding hydrogens is 398 g/mol. The quantitative estimate of drug-likeness (QED) is 0.780. The van der Waals surface area contributed by atoms with Crippen LogP contribution < -0.4 is 14.8 Å². The van der Waals surface area contributed by atoms with Crippen molar-refractivity contribution in [2.45, 2.75) is 6.92 Å². The first-order valence-electron chi connectivity index (χ1n) is 7.15. The van der Waals surface area contributed by atoms with Crippen molar-refractivity contribution in [3.8, 4) is 11.5 Å². The Bertz CT molecular complexity index is 789. The van der Waals surface area contributed by atoms with Crippen LogP contribution in [0.2, 0.25) is 0 Å². The molecule has 1 aromatic heterocycles. The van der Waals surface area contributed by atoms with Gasteiger partial charge in [-0.25, -0.2) is 4.79 Å². The van der Waals surface area contributed by atoms with E-state index in [0.29, 0.717) is 39.8 Å². The lowest BCUT2D eigenvalue weighted by Gasteiger charge is -2.20. The molecule has 3 rings (SSSR count). The second kappa shape index (κ2) is 7.23. The molecule has 24 heavy (non-hydrogen) atoms. The van der Waals surface area contributed by atoms with E-state index in [1.165, 1.54) is 11.3 Å². The number of fused-ring (bicyclic) bond motifs is 1. The van der Waals surface area contributed by atoms with Crippen molar-refractivity contribution in [3.05, 3.63) is 38.5 Å². The van der Waals surface area contributed by atoms with Crippen molar-refractivity contribution in [1.29, 1.82) is 0 Å². The second-order valence-corrected chi connectivity index (χ2v) is 6.80. The Kier molecular flexibility index (Phi) is 5.06. The fourth-order valence-electron chi connectivity index (χ4n) is 2.12. The minimum absolute atomic E-state index is 0.364. The van der Waals surface area contributed by atoms with Crippen LogP contribution in [0.1, 0.15) is 15.2 Å². The summed E-state index contributed by atoms with van der Waals surface area (Å²) in [5.41, 5.74) is 1.35. The van der Waals surface area contributed by atoms with Crippen molar-refractivity contribution in [3.63, 3.8) is 0 Å². The third-order valence-electron chi connectivity index (χ3n) is 3.29. The van der Waals surface area contributed by atoms with E-state index >= 15 is 0 Å². The van der Waals surface area contributed by atoms with Crippen LogP contribution in [0.25, 0.3) is 0 Å². The topological polar surface area (TPSA) is 73.9 Å². The van der Waals surface area contributed by atoms with Gasteiger partial charge in [0.25, 0.3) is 5.91 Å². The van der Waals surface area contributed by atoms with E-state index < -0.39 is 11.9 Å². The summed E-state index contributed by atoms with van der Waals surface area (Å²) in [6.45, 7) is 2.40. The monoisotopic (exact) mass is 411 g/mol. The molecule has 0 saturated carbocycles. The number of anilines is 1. The Morgan fingerprint density at radius 2 is 2.00 bits per heavy atom. The standard InChI is InChI=1S/C16H14BrNO5S/c1-9-2-5-24-15(9)16(20)23-8-14(19)18-11-7-13-12(6-10(11)17)21-3-4-22-13/h2,5-7H,3-4,8H2,1H3,(H,18,19). The largest absolute Gasteiger partial charge is 0.486 e. The van der Waals surface area contributed by atoms with Crippen LogP contribution in [0, 0.1) is 6.92 Å². The van der Waals surface area contributed by atoms with Gasteiger partial charge in [-0.05, 0) is 39.9 Å². The molecule has 0 fully saturated rings. The predicted molar refractivity (Wildman–Crippen MR) is 93.1 cm³/mol. The third-order valence-corrected chi connectivity index (χ3v) is 4.94. The number of hydrogen-bond acceptors (Lipinski definition) is 6. The molecule has 0 unspecified atom stereocenters. The van der Waals surface area contributed by atoms with Crippen molar-refractivity contribution in [2.24, 2.45) is 0 Å². The van der Waals surface area contributed by atoms with Crippen LogP contribution in [0.3, 0.4) is 0 Å². The molecule has 1 amide bonds. The smallest absolute Gasteiger partial charge is 0.349 e. The lowest BCUT2D eigenvalue weighted by molar-refractivity contribution is -0.119. The third kappa shape index (κ3) is 3.70. The molecule has 0 atom stereocenters. The summed E-state index contributed by atoms with van der Waals surface area (Å²) >= 11 is 4.66. The number of benzene rings is 1. The number of hydrogen-bond donors (Lipinski definition) is 1. The van der Waals surface area contributed by atoms with E-state index in [4.69, 9.17) is 14.2 Å². The van der Waals surface area contributed by atoms with E-state index in [9.17, 15) is 9.59 Å². The summed E-state index contributed by atoms with van der Waals surface area (Å²) in [4.78, 5) is 24.4. The number of amides is 1. The summed E-state index contributed by atoms with van der Waals surface area (Å²) in [5, 5.41) is 4.48. The van der Waals surface area contributed by atoms with E-state index in [1.807, 2.05) is 13.0 Å². The van der Waals surface area contributed by atoms with Gasteiger partial charge in [0.05, 0.1) is 5.69 Å². The highest BCUT2D eigenvalue weighted by Gasteiger charge is 2.18. The van der Waals surface area contributed by atoms with Gasteiger partial charge >= 0.3 is 5.97 Å². The molecule has 2 heterocycles. The molecule has 8 heteroatoms. The maximum absolute atomic E-state index is 12.0. The molecule has 2 aromatic rings. The van der Waals surface area contributed by atoms with Gasteiger partial charge in [-0.15, -0.1) is 11.3 Å². The first kappa shape index (κ1) is 16.8. The lowest BCUT2D eigenvalue weighted by Crippen LogP contribution is -2.21. The highest BCUT2D eigenvalue weighted by atomic mass is 79.9. The van der Waals surface area contributed by atoms with E-state index in [0.717, 1.165) is 5.56 Å².